The summed E-state index contributed by atoms with van der Waals surface area (Å²) in [6, 6.07) is 3.42. The van der Waals surface area contributed by atoms with Gasteiger partial charge in [0.15, 0.2) is 0 Å². The Kier molecular flexibility index (Phi) is 3.08. The maximum Gasteiger partial charge on any atom is 0.339 e. The van der Waals surface area contributed by atoms with Crippen LogP contribution in [0.2, 0.25) is 0 Å². The molecule has 7 heteroatoms. The van der Waals surface area contributed by atoms with E-state index in [0.717, 1.165) is 0 Å². The molecule has 20 heavy (non-hydrogen) atoms. The van der Waals surface area contributed by atoms with Gasteiger partial charge in [0.25, 0.3) is 0 Å². The fraction of sp³-hybridized carbons (Fsp3) is 0.154. The standard InChI is InChI=1S/C13H12N4O3/c18-13(19)11-7-15-17-8-10(1-2-12(11)17)20-6-5-16-4-3-14-9-16/h1-4,7-9H,5-6H2,(H,18,19). The fourth-order valence-corrected chi connectivity index (χ4v) is 1.90. The van der Waals surface area contributed by atoms with E-state index in [-0.39, 0.29) is 5.56 Å². The van der Waals surface area contributed by atoms with Gasteiger partial charge in [-0.3, -0.25) is 0 Å². The maximum atomic E-state index is 11.0. The second-order valence-electron chi connectivity index (χ2n) is 4.21. The van der Waals surface area contributed by atoms with Crippen LogP contribution in [-0.2, 0) is 6.54 Å². The Labute approximate surface area is 114 Å². The first-order valence-electron chi connectivity index (χ1n) is 6.03. The number of carboxylic acids is 1. The summed E-state index contributed by atoms with van der Waals surface area (Å²) in [7, 11) is 0. The topological polar surface area (TPSA) is 81.6 Å². The monoisotopic (exact) mass is 272 g/mol. The summed E-state index contributed by atoms with van der Waals surface area (Å²) in [6.45, 7) is 1.19. The molecule has 3 aromatic rings. The third-order valence-electron chi connectivity index (χ3n) is 2.90. The van der Waals surface area contributed by atoms with Crippen LogP contribution in [0.15, 0.2) is 43.2 Å². The number of hydrogen-bond donors (Lipinski definition) is 1. The summed E-state index contributed by atoms with van der Waals surface area (Å²) in [4.78, 5) is 14.9. The largest absolute Gasteiger partial charge is 0.490 e. The van der Waals surface area contributed by atoms with E-state index >= 15 is 0 Å². The number of carbonyl (C=O) groups is 1. The zero-order valence-electron chi connectivity index (χ0n) is 10.5. The summed E-state index contributed by atoms with van der Waals surface area (Å²) in [5.41, 5.74) is 0.717. The molecule has 0 saturated carbocycles. The van der Waals surface area contributed by atoms with Crippen LogP contribution in [0.5, 0.6) is 5.75 Å². The van der Waals surface area contributed by atoms with Crippen LogP contribution in [0.4, 0.5) is 0 Å². The molecule has 0 unspecified atom stereocenters. The van der Waals surface area contributed by atoms with Gasteiger partial charge < -0.3 is 14.4 Å². The smallest absolute Gasteiger partial charge is 0.339 e. The van der Waals surface area contributed by atoms with E-state index in [4.69, 9.17) is 9.84 Å². The number of fused-ring (bicyclic) bond motifs is 1. The summed E-state index contributed by atoms with van der Waals surface area (Å²) >= 11 is 0. The van der Waals surface area contributed by atoms with E-state index in [2.05, 4.69) is 10.1 Å². The van der Waals surface area contributed by atoms with E-state index in [1.165, 1.54) is 10.7 Å². The van der Waals surface area contributed by atoms with Crippen LogP contribution < -0.4 is 4.74 Å². The SMILES string of the molecule is O=C(O)c1cnn2cc(OCCn3ccnc3)ccc12. The van der Waals surface area contributed by atoms with Crippen molar-refractivity contribution in [2.45, 2.75) is 6.54 Å². The van der Waals surface area contributed by atoms with Crippen molar-refractivity contribution < 1.29 is 14.6 Å². The second-order valence-corrected chi connectivity index (χ2v) is 4.21. The Morgan fingerprint density at radius 2 is 2.30 bits per heavy atom. The minimum Gasteiger partial charge on any atom is -0.490 e. The van der Waals surface area contributed by atoms with Gasteiger partial charge in [-0.25, -0.2) is 14.3 Å². The summed E-state index contributed by atoms with van der Waals surface area (Å²) < 4.78 is 9.01. The number of aromatic nitrogens is 4. The summed E-state index contributed by atoms with van der Waals surface area (Å²) in [6.07, 6.45) is 8.28. The molecule has 3 aromatic heterocycles. The highest BCUT2D eigenvalue weighted by Gasteiger charge is 2.11. The van der Waals surface area contributed by atoms with Gasteiger partial charge in [0, 0.05) is 12.4 Å². The molecule has 0 amide bonds. The lowest BCUT2D eigenvalue weighted by Gasteiger charge is -2.07. The predicted molar refractivity (Wildman–Crippen MR) is 69.9 cm³/mol. The van der Waals surface area contributed by atoms with E-state index < -0.39 is 5.97 Å². The lowest BCUT2D eigenvalue weighted by Crippen LogP contribution is -2.07. The molecule has 0 atom stereocenters. The molecular weight excluding hydrogens is 260 g/mol. The highest BCUT2D eigenvalue weighted by Crippen LogP contribution is 2.16. The second kappa shape index (κ2) is 5.04. The highest BCUT2D eigenvalue weighted by molar-refractivity contribution is 5.95. The van der Waals surface area contributed by atoms with Crippen molar-refractivity contribution in [3.63, 3.8) is 0 Å². The number of imidazole rings is 1. The van der Waals surface area contributed by atoms with Crippen LogP contribution in [0.1, 0.15) is 10.4 Å². The molecule has 3 rings (SSSR count). The van der Waals surface area contributed by atoms with E-state index in [1.54, 1.807) is 30.9 Å². The average molecular weight is 272 g/mol. The molecular formula is C13H12N4O3. The molecule has 0 aliphatic heterocycles. The fourth-order valence-electron chi connectivity index (χ4n) is 1.90. The van der Waals surface area contributed by atoms with Gasteiger partial charge >= 0.3 is 5.97 Å². The normalized spacial score (nSPS) is 10.8. The van der Waals surface area contributed by atoms with Gasteiger partial charge in [0.05, 0.1) is 30.8 Å². The van der Waals surface area contributed by atoms with Crippen molar-refractivity contribution in [2.24, 2.45) is 0 Å². The molecule has 0 aliphatic carbocycles. The Balaban J connectivity index is 1.71. The maximum absolute atomic E-state index is 11.0. The summed E-state index contributed by atoms with van der Waals surface area (Å²) in [5, 5.41) is 13.0. The Bertz CT molecular complexity index is 733. The predicted octanol–water partition coefficient (Wildman–Crippen LogP) is 1.31. The third-order valence-corrected chi connectivity index (χ3v) is 2.90. The molecule has 7 nitrogen and oxygen atoms in total. The molecule has 0 fully saturated rings. The lowest BCUT2D eigenvalue weighted by atomic mass is 10.2. The van der Waals surface area contributed by atoms with E-state index in [1.807, 2.05) is 10.8 Å². The van der Waals surface area contributed by atoms with Crippen molar-refractivity contribution in [1.82, 2.24) is 19.2 Å². The van der Waals surface area contributed by atoms with Crippen molar-refractivity contribution >= 4 is 11.5 Å². The van der Waals surface area contributed by atoms with Gasteiger partial charge in [-0.05, 0) is 12.1 Å². The van der Waals surface area contributed by atoms with Gasteiger partial charge in [0.2, 0.25) is 0 Å². The number of aromatic carboxylic acids is 1. The number of carboxylic acid groups (broad SMARTS) is 1. The highest BCUT2D eigenvalue weighted by atomic mass is 16.5. The molecule has 0 aliphatic rings. The number of pyridine rings is 1. The van der Waals surface area contributed by atoms with Crippen molar-refractivity contribution in [2.75, 3.05) is 6.61 Å². The number of ether oxygens (including phenoxy) is 1. The number of nitrogens with zero attached hydrogens (tertiary/aromatic N) is 4. The van der Waals surface area contributed by atoms with Crippen LogP contribution >= 0.6 is 0 Å². The van der Waals surface area contributed by atoms with Gasteiger partial charge in [0.1, 0.15) is 17.9 Å². The van der Waals surface area contributed by atoms with Crippen molar-refractivity contribution in [3.05, 3.63) is 48.8 Å². The molecule has 1 N–H and O–H groups in total. The Hall–Kier alpha value is -2.83. The minimum atomic E-state index is -0.992. The third kappa shape index (κ3) is 2.33. The molecule has 0 bridgehead atoms. The van der Waals surface area contributed by atoms with Crippen LogP contribution in [0.25, 0.3) is 5.52 Å². The minimum absolute atomic E-state index is 0.176. The average Bonchev–Trinajstić information content (AvgIpc) is 3.06. The van der Waals surface area contributed by atoms with Crippen molar-refractivity contribution in [3.8, 4) is 5.75 Å². The van der Waals surface area contributed by atoms with Crippen LogP contribution in [0.3, 0.4) is 0 Å². The van der Waals surface area contributed by atoms with Crippen molar-refractivity contribution in [1.29, 1.82) is 0 Å². The van der Waals surface area contributed by atoms with Crippen LogP contribution in [0, 0.1) is 0 Å². The van der Waals surface area contributed by atoms with E-state index in [0.29, 0.717) is 24.4 Å². The summed E-state index contributed by atoms with van der Waals surface area (Å²) in [5.74, 6) is -0.355. The quantitative estimate of drug-likeness (QED) is 0.757. The van der Waals surface area contributed by atoms with Gasteiger partial charge in [-0.1, -0.05) is 0 Å². The Morgan fingerprint density at radius 1 is 1.40 bits per heavy atom. The van der Waals surface area contributed by atoms with Gasteiger partial charge in [-0.15, -0.1) is 0 Å². The Morgan fingerprint density at radius 3 is 3.05 bits per heavy atom. The first-order chi connectivity index (χ1) is 9.74. The molecule has 0 aromatic carbocycles. The first-order valence-corrected chi connectivity index (χ1v) is 6.03. The molecule has 102 valence electrons. The molecule has 3 heterocycles. The van der Waals surface area contributed by atoms with Gasteiger partial charge in [-0.2, -0.15) is 5.10 Å². The zero-order valence-corrected chi connectivity index (χ0v) is 10.5. The molecule has 0 saturated heterocycles. The lowest BCUT2D eigenvalue weighted by molar-refractivity contribution is 0.0699. The number of hydrogen-bond acceptors (Lipinski definition) is 4. The zero-order chi connectivity index (χ0) is 13.9. The molecule has 0 spiro atoms. The molecule has 0 radical (unpaired) electrons. The van der Waals surface area contributed by atoms with E-state index in [9.17, 15) is 4.79 Å². The first kappa shape index (κ1) is 12.2. The number of rotatable bonds is 5. The van der Waals surface area contributed by atoms with Crippen LogP contribution in [-0.4, -0.2) is 36.8 Å².